The average molecular weight is 401 g/mol. The lowest BCUT2D eigenvalue weighted by molar-refractivity contribution is 0.101. The summed E-state index contributed by atoms with van der Waals surface area (Å²) in [6.07, 6.45) is 0. The molecule has 0 radical (unpaired) electrons. The van der Waals surface area contributed by atoms with Crippen LogP contribution in [0.1, 0.15) is 26.3 Å². The van der Waals surface area contributed by atoms with Gasteiger partial charge in [0, 0.05) is 23.3 Å². The van der Waals surface area contributed by atoms with Crippen LogP contribution in [0.25, 0.3) is 0 Å². The standard InChI is InChI=1S/C23H19N3O4/c1-29-20-13-19(26-23(28)17-10-6-7-15(11-17)14-24)21(30-2)12-18(20)25-22(27)16-8-4-3-5-9-16/h3-13H,1-2H3,(H,25,27)(H,26,28). The highest BCUT2D eigenvalue weighted by atomic mass is 16.5. The Morgan fingerprint density at radius 1 is 0.767 bits per heavy atom. The maximum atomic E-state index is 12.6. The third-order valence-electron chi connectivity index (χ3n) is 4.31. The minimum atomic E-state index is -0.409. The third-order valence-corrected chi connectivity index (χ3v) is 4.31. The number of carbonyl (C=O) groups excluding carboxylic acids is 2. The molecule has 30 heavy (non-hydrogen) atoms. The van der Waals surface area contributed by atoms with Crippen molar-refractivity contribution in [3.8, 4) is 17.6 Å². The second kappa shape index (κ2) is 9.26. The highest BCUT2D eigenvalue weighted by Crippen LogP contribution is 2.37. The van der Waals surface area contributed by atoms with Gasteiger partial charge in [0.2, 0.25) is 0 Å². The summed E-state index contributed by atoms with van der Waals surface area (Å²) in [6, 6.07) is 20.2. The largest absolute Gasteiger partial charge is 0.494 e. The van der Waals surface area contributed by atoms with Crippen LogP contribution in [-0.4, -0.2) is 26.0 Å². The minimum absolute atomic E-state index is 0.305. The summed E-state index contributed by atoms with van der Waals surface area (Å²) in [5.74, 6) is -0.0281. The van der Waals surface area contributed by atoms with E-state index in [-0.39, 0.29) is 5.91 Å². The Balaban J connectivity index is 1.88. The summed E-state index contributed by atoms with van der Waals surface area (Å²) in [5.41, 5.74) is 1.96. The van der Waals surface area contributed by atoms with Crippen molar-refractivity contribution in [3.63, 3.8) is 0 Å². The van der Waals surface area contributed by atoms with Crippen molar-refractivity contribution in [2.24, 2.45) is 0 Å². The van der Waals surface area contributed by atoms with E-state index in [9.17, 15) is 9.59 Å². The number of nitriles is 1. The number of rotatable bonds is 6. The summed E-state index contributed by atoms with van der Waals surface area (Å²) < 4.78 is 10.8. The molecule has 0 saturated carbocycles. The van der Waals surface area contributed by atoms with Crippen molar-refractivity contribution >= 4 is 23.2 Å². The number of hydrogen-bond donors (Lipinski definition) is 2. The van der Waals surface area contributed by atoms with Crippen molar-refractivity contribution in [1.29, 1.82) is 5.26 Å². The van der Waals surface area contributed by atoms with E-state index in [0.29, 0.717) is 39.6 Å². The highest BCUT2D eigenvalue weighted by molar-refractivity contribution is 6.07. The van der Waals surface area contributed by atoms with Gasteiger partial charge in [0.1, 0.15) is 11.5 Å². The fourth-order valence-corrected chi connectivity index (χ4v) is 2.80. The first kappa shape index (κ1) is 20.4. The smallest absolute Gasteiger partial charge is 0.255 e. The summed E-state index contributed by atoms with van der Waals surface area (Å²) in [5, 5.41) is 14.6. The van der Waals surface area contributed by atoms with Gasteiger partial charge in [0.15, 0.2) is 0 Å². The van der Waals surface area contributed by atoms with Gasteiger partial charge < -0.3 is 20.1 Å². The quantitative estimate of drug-likeness (QED) is 0.648. The lowest BCUT2D eigenvalue weighted by Gasteiger charge is -2.16. The van der Waals surface area contributed by atoms with Crippen molar-refractivity contribution in [3.05, 3.63) is 83.4 Å². The zero-order valence-electron chi connectivity index (χ0n) is 16.4. The van der Waals surface area contributed by atoms with E-state index in [1.807, 2.05) is 12.1 Å². The normalized spacial score (nSPS) is 9.90. The molecule has 2 amide bonds. The fraction of sp³-hybridized carbons (Fsp3) is 0.0870. The molecule has 0 aromatic heterocycles. The van der Waals surface area contributed by atoms with Gasteiger partial charge in [-0.2, -0.15) is 5.26 Å². The summed E-state index contributed by atoms with van der Waals surface area (Å²) in [7, 11) is 2.92. The summed E-state index contributed by atoms with van der Waals surface area (Å²) in [6.45, 7) is 0. The third kappa shape index (κ3) is 4.56. The molecule has 3 rings (SSSR count). The molecule has 0 unspecified atom stereocenters. The molecule has 0 aliphatic heterocycles. The maximum Gasteiger partial charge on any atom is 0.255 e. The molecule has 0 aliphatic rings. The molecule has 7 nitrogen and oxygen atoms in total. The van der Waals surface area contributed by atoms with Crippen LogP contribution in [0.15, 0.2) is 66.7 Å². The van der Waals surface area contributed by atoms with Gasteiger partial charge in [0.25, 0.3) is 11.8 Å². The first-order valence-corrected chi connectivity index (χ1v) is 8.99. The fourth-order valence-electron chi connectivity index (χ4n) is 2.80. The number of ether oxygens (including phenoxy) is 2. The molecule has 3 aromatic rings. The average Bonchev–Trinajstić information content (AvgIpc) is 2.80. The Kier molecular flexibility index (Phi) is 6.30. The van der Waals surface area contributed by atoms with Crippen LogP contribution < -0.4 is 20.1 Å². The van der Waals surface area contributed by atoms with Crippen LogP contribution in [0.5, 0.6) is 11.5 Å². The van der Waals surface area contributed by atoms with Crippen molar-refractivity contribution in [2.45, 2.75) is 0 Å². The molecule has 0 saturated heterocycles. The van der Waals surface area contributed by atoms with Crippen LogP contribution in [0.2, 0.25) is 0 Å². The van der Waals surface area contributed by atoms with Gasteiger partial charge in [-0.3, -0.25) is 9.59 Å². The van der Waals surface area contributed by atoms with E-state index in [1.165, 1.54) is 20.3 Å². The number of nitrogens with one attached hydrogen (secondary N) is 2. The molecular formula is C23H19N3O4. The first-order chi connectivity index (χ1) is 14.5. The number of hydrogen-bond acceptors (Lipinski definition) is 5. The molecule has 0 aliphatic carbocycles. The molecule has 2 N–H and O–H groups in total. The Morgan fingerprint density at radius 3 is 1.83 bits per heavy atom. The van der Waals surface area contributed by atoms with Gasteiger partial charge in [-0.05, 0) is 30.3 Å². The van der Waals surface area contributed by atoms with E-state index < -0.39 is 5.91 Å². The maximum absolute atomic E-state index is 12.6. The predicted molar refractivity (Wildman–Crippen MR) is 113 cm³/mol. The lowest BCUT2D eigenvalue weighted by Crippen LogP contribution is -2.15. The van der Waals surface area contributed by atoms with Gasteiger partial charge in [-0.1, -0.05) is 24.3 Å². The predicted octanol–water partition coefficient (Wildman–Crippen LogP) is 4.08. The van der Waals surface area contributed by atoms with Crippen molar-refractivity contribution in [1.82, 2.24) is 0 Å². The molecular weight excluding hydrogens is 382 g/mol. The summed E-state index contributed by atoms with van der Waals surface area (Å²) >= 11 is 0. The number of carbonyl (C=O) groups is 2. The Hall–Kier alpha value is -4.31. The Morgan fingerprint density at radius 2 is 1.30 bits per heavy atom. The molecule has 0 bridgehead atoms. The Labute approximate surface area is 173 Å². The van der Waals surface area contributed by atoms with E-state index in [4.69, 9.17) is 14.7 Å². The number of nitrogens with zero attached hydrogens (tertiary/aromatic N) is 1. The number of amides is 2. The monoisotopic (exact) mass is 401 g/mol. The van der Waals surface area contributed by atoms with Crippen LogP contribution in [-0.2, 0) is 0 Å². The van der Waals surface area contributed by atoms with Gasteiger partial charge in [-0.25, -0.2) is 0 Å². The van der Waals surface area contributed by atoms with Crippen molar-refractivity contribution < 1.29 is 19.1 Å². The SMILES string of the molecule is COc1cc(NC(=O)c2cccc(C#N)c2)c(OC)cc1NC(=O)c1ccccc1. The van der Waals surface area contributed by atoms with Gasteiger partial charge in [-0.15, -0.1) is 0 Å². The second-order valence-corrected chi connectivity index (χ2v) is 6.22. The Bertz CT molecular complexity index is 1120. The first-order valence-electron chi connectivity index (χ1n) is 8.99. The van der Waals surface area contributed by atoms with E-state index >= 15 is 0 Å². The zero-order chi connectivity index (χ0) is 21.5. The lowest BCUT2D eigenvalue weighted by atomic mass is 10.1. The molecule has 150 valence electrons. The zero-order valence-corrected chi connectivity index (χ0v) is 16.4. The second-order valence-electron chi connectivity index (χ2n) is 6.22. The van der Waals surface area contributed by atoms with E-state index in [2.05, 4.69) is 10.6 Å². The van der Waals surface area contributed by atoms with E-state index in [1.54, 1.807) is 54.6 Å². The number of methoxy groups -OCH3 is 2. The minimum Gasteiger partial charge on any atom is -0.494 e. The van der Waals surface area contributed by atoms with Crippen LogP contribution in [0.3, 0.4) is 0 Å². The van der Waals surface area contributed by atoms with E-state index in [0.717, 1.165) is 0 Å². The van der Waals surface area contributed by atoms with Gasteiger partial charge >= 0.3 is 0 Å². The van der Waals surface area contributed by atoms with Crippen LogP contribution >= 0.6 is 0 Å². The topological polar surface area (TPSA) is 100 Å². The van der Waals surface area contributed by atoms with Crippen LogP contribution in [0, 0.1) is 11.3 Å². The van der Waals surface area contributed by atoms with Crippen LogP contribution in [0.4, 0.5) is 11.4 Å². The molecule has 3 aromatic carbocycles. The molecule has 7 heteroatoms. The van der Waals surface area contributed by atoms with Gasteiger partial charge in [0.05, 0.1) is 37.2 Å². The van der Waals surface area contributed by atoms with Crippen molar-refractivity contribution in [2.75, 3.05) is 24.9 Å². The molecule has 0 atom stereocenters. The number of anilines is 2. The summed E-state index contributed by atoms with van der Waals surface area (Å²) in [4.78, 5) is 25.1. The molecule has 0 fully saturated rings. The molecule has 0 heterocycles. The number of benzene rings is 3. The highest BCUT2D eigenvalue weighted by Gasteiger charge is 2.17. The molecule has 0 spiro atoms.